The number of halogens is 1. The lowest BCUT2D eigenvalue weighted by atomic mass is 10.1. The van der Waals surface area contributed by atoms with Gasteiger partial charge in [0.1, 0.15) is 0 Å². The smallest absolute Gasteiger partial charge is 0.308 e. The fourth-order valence-electron chi connectivity index (χ4n) is 1.53. The number of rotatable bonds is 2. The van der Waals surface area contributed by atoms with E-state index in [0.717, 1.165) is 0 Å². The van der Waals surface area contributed by atoms with E-state index >= 15 is 0 Å². The van der Waals surface area contributed by atoms with Crippen LogP contribution in [0, 0.1) is 0 Å². The monoisotopic (exact) mass is 237 g/mol. The molecule has 2 aromatic rings. The van der Waals surface area contributed by atoms with Crippen molar-refractivity contribution in [3.63, 3.8) is 0 Å². The van der Waals surface area contributed by atoms with Crippen LogP contribution in [0.2, 0.25) is 5.02 Å². The largest absolute Gasteiger partial charge is 0.481 e. The number of H-pyrrole nitrogens is 1. The molecule has 1 aromatic heterocycles. The van der Waals surface area contributed by atoms with Gasteiger partial charge in [0.2, 0.25) is 0 Å². The molecule has 0 spiro atoms. The van der Waals surface area contributed by atoms with Crippen molar-refractivity contribution in [2.75, 3.05) is 0 Å². The minimum Gasteiger partial charge on any atom is -0.481 e. The minimum atomic E-state index is -1.03. The number of carboxylic acids is 1. The zero-order valence-corrected chi connectivity index (χ0v) is 8.91. The minimum absolute atomic E-state index is 0.238. The van der Waals surface area contributed by atoms with Crippen molar-refractivity contribution >= 4 is 28.5 Å². The third kappa shape index (κ3) is 1.92. The maximum Gasteiger partial charge on any atom is 0.308 e. The number of hydrogen-bond acceptors (Lipinski definition) is 2. The van der Waals surface area contributed by atoms with Crippen LogP contribution in [-0.2, 0) is 11.2 Å². The van der Waals surface area contributed by atoms with Crippen molar-refractivity contribution in [1.29, 1.82) is 0 Å². The highest BCUT2D eigenvalue weighted by Crippen LogP contribution is 2.15. The number of aromatic amines is 1. The molecule has 0 unspecified atom stereocenters. The van der Waals surface area contributed by atoms with Crippen LogP contribution in [0.4, 0.5) is 0 Å². The molecule has 0 bridgehead atoms. The lowest BCUT2D eigenvalue weighted by Crippen LogP contribution is -2.14. The second kappa shape index (κ2) is 3.98. The van der Waals surface area contributed by atoms with E-state index in [4.69, 9.17) is 16.7 Å². The summed E-state index contributed by atoms with van der Waals surface area (Å²) >= 11 is 5.78. The van der Waals surface area contributed by atoms with Gasteiger partial charge in [0.25, 0.3) is 0 Å². The van der Waals surface area contributed by atoms with Crippen LogP contribution >= 0.6 is 11.6 Å². The quantitative estimate of drug-likeness (QED) is 0.837. The van der Waals surface area contributed by atoms with E-state index in [2.05, 4.69) is 4.98 Å². The maximum atomic E-state index is 11.8. The first kappa shape index (κ1) is 10.7. The average molecular weight is 238 g/mol. The highest BCUT2D eigenvalue weighted by molar-refractivity contribution is 6.31. The number of nitrogens with one attached hydrogen (secondary N) is 1. The Morgan fingerprint density at radius 2 is 2.19 bits per heavy atom. The lowest BCUT2D eigenvalue weighted by molar-refractivity contribution is -0.136. The molecule has 0 saturated carbocycles. The molecule has 1 aromatic carbocycles. The molecule has 16 heavy (non-hydrogen) atoms. The van der Waals surface area contributed by atoms with Crippen molar-refractivity contribution in [3.8, 4) is 0 Å². The van der Waals surface area contributed by atoms with Crippen LogP contribution in [0.5, 0.6) is 0 Å². The van der Waals surface area contributed by atoms with Gasteiger partial charge in [-0.05, 0) is 18.2 Å². The van der Waals surface area contributed by atoms with Crippen LogP contribution in [-0.4, -0.2) is 16.1 Å². The molecular weight excluding hydrogens is 230 g/mol. The second-order valence-corrected chi connectivity index (χ2v) is 3.84. The molecule has 0 atom stereocenters. The molecule has 0 fully saturated rings. The number of hydrogen-bond donors (Lipinski definition) is 2. The first-order valence-electron chi connectivity index (χ1n) is 4.59. The average Bonchev–Trinajstić information content (AvgIpc) is 2.22. The predicted octanol–water partition coefficient (Wildman–Crippen LogP) is 1.81. The van der Waals surface area contributed by atoms with Crippen LogP contribution < -0.4 is 5.43 Å². The molecule has 2 N–H and O–H groups in total. The zero-order chi connectivity index (χ0) is 11.7. The third-order valence-electron chi connectivity index (χ3n) is 2.26. The number of benzene rings is 1. The summed E-state index contributed by atoms with van der Waals surface area (Å²) < 4.78 is 0. The Bertz CT molecular complexity index is 618. The normalized spacial score (nSPS) is 10.6. The Morgan fingerprint density at radius 1 is 1.44 bits per heavy atom. The van der Waals surface area contributed by atoms with Crippen molar-refractivity contribution in [2.24, 2.45) is 0 Å². The van der Waals surface area contributed by atoms with Gasteiger partial charge >= 0.3 is 5.97 Å². The summed E-state index contributed by atoms with van der Waals surface area (Å²) in [4.78, 5) is 25.2. The summed E-state index contributed by atoms with van der Waals surface area (Å²) in [5.41, 5.74) is 0.571. The summed E-state index contributed by atoms with van der Waals surface area (Å²) in [6, 6.07) is 4.81. The van der Waals surface area contributed by atoms with Gasteiger partial charge in [-0.25, -0.2) is 0 Å². The Morgan fingerprint density at radius 3 is 2.88 bits per heavy atom. The number of aromatic nitrogens is 1. The Hall–Kier alpha value is -1.81. The highest BCUT2D eigenvalue weighted by atomic mass is 35.5. The van der Waals surface area contributed by atoms with E-state index < -0.39 is 5.97 Å². The van der Waals surface area contributed by atoms with E-state index in [0.29, 0.717) is 15.9 Å². The number of aliphatic carboxylic acids is 1. The molecular formula is C11H8ClNO3. The molecule has 2 rings (SSSR count). The van der Waals surface area contributed by atoms with E-state index in [-0.39, 0.29) is 17.4 Å². The molecule has 1 heterocycles. The summed E-state index contributed by atoms with van der Waals surface area (Å²) in [7, 11) is 0. The highest BCUT2D eigenvalue weighted by Gasteiger charge is 2.08. The van der Waals surface area contributed by atoms with Crippen LogP contribution in [0.25, 0.3) is 10.9 Å². The first-order chi connectivity index (χ1) is 7.58. The lowest BCUT2D eigenvalue weighted by Gasteiger charge is -2.01. The molecule has 0 aliphatic rings. The Kier molecular flexibility index (Phi) is 2.66. The Balaban J connectivity index is 2.66. The maximum absolute atomic E-state index is 11.8. The zero-order valence-electron chi connectivity index (χ0n) is 8.16. The Labute approximate surface area is 95.5 Å². The van der Waals surface area contributed by atoms with Crippen LogP contribution in [0.3, 0.4) is 0 Å². The predicted molar refractivity (Wildman–Crippen MR) is 60.9 cm³/mol. The third-order valence-corrected chi connectivity index (χ3v) is 2.50. The number of fused-ring (bicyclic) bond motifs is 1. The summed E-state index contributed by atoms with van der Waals surface area (Å²) in [5, 5.41) is 9.60. The topological polar surface area (TPSA) is 70.2 Å². The van der Waals surface area contributed by atoms with Gasteiger partial charge in [-0.3, -0.25) is 9.59 Å². The SMILES string of the molecule is O=C(O)Cc1c[nH]c2cc(Cl)ccc2c1=O. The van der Waals surface area contributed by atoms with Gasteiger partial charge in [-0.15, -0.1) is 0 Å². The molecule has 0 amide bonds. The fourth-order valence-corrected chi connectivity index (χ4v) is 1.70. The van der Waals surface area contributed by atoms with Crippen molar-refractivity contribution in [1.82, 2.24) is 4.98 Å². The van der Waals surface area contributed by atoms with E-state index in [1.54, 1.807) is 18.2 Å². The first-order valence-corrected chi connectivity index (χ1v) is 4.97. The number of carbonyl (C=O) groups is 1. The summed E-state index contributed by atoms with van der Waals surface area (Å²) in [6.07, 6.45) is 1.13. The van der Waals surface area contributed by atoms with Crippen molar-refractivity contribution in [3.05, 3.63) is 45.2 Å². The molecule has 0 aliphatic heterocycles. The molecule has 5 heteroatoms. The van der Waals surface area contributed by atoms with Gasteiger partial charge in [0, 0.05) is 22.2 Å². The van der Waals surface area contributed by atoms with Gasteiger partial charge in [-0.2, -0.15) is 0 Å². The molecule has 0 radical (unpaired) electrons. The number of carboxylic acid groups (broad SMARTS) is 1. The number of pyridine rings is 1. The van der Waals surface area contributed by atoms with Crippen LogP contribution in [0.15, 0.2) is 29.2 Å². The van der Waals surface area contributed by atoms with E-state index in [9.17, 15) is 9.59 Å². The second-order valence-electron chi connectivity index (χ2n) is 3.40. The van der Waals surface area contributed by atoms with Crippen molar-refractivity contribution in [2.45, 2.75) is 6.42 Å². The molecule has 0 aliphatic carbocycles. The molecule has 0 saturated heterocycles. The van der Waals surface area contributed by atoms with Crippen molar-refractivity contribution < 1.29 is 9.90 Å². The molecule has 82 valence electrons. The van der Waals surface area contributed by atoms with Gasteiger partial charge in [0.15, 0.2) is 5.43 Å². The standard InChI is InChI=1S/C11H8ClNO3/c12-7-1-2-8-9(4-7)13-5-6(11(8)16)3-10(14)15/h1-2,4-5H,3H2,(H,13,16)(H,14,15). The van der Waals surface area contributed by atoms with E-state index in [1.165, 1.54) is 6.20 Å². The van der Waals surface area contributed by atoms with Gasteiger partial charge in [-0.1, -0.05) is 11.6 Å². The van der Waals surface area contributed by atoms with Gasteiger partial charge < -0.3 is 10.1 Å². The van der Waals surface area contributed by atoms with Gasteiger partial charge in [0.05, 0.1) is 11.9 Å². The molecule has 4 nitrogen and oxygen atoms in total. The van der Waals surface area contributed by atoms with E-state index in [1.807, 2.05) is 0 Å². The summed E-state index contributed by atoms with van der Waals surface area (Å²) in [6.45, 7) is 0. The summed E-state index contributed by atoms with van der Waals surface area (Å²) in [5.74, 6) is -1.03. The fraction of sp³-hybridized carbons (Fsp3) is 0.0909. The van der Waals surface area contributed by atoms with Crippen LogP contribution in [0.1, 0.15) is 5.56 Å².